The number of hydrogen-bond acceptors (Lipinski definition) is 7. The van der Waals surface area contributed by atoms with Crippen LogP contribution in [0.25, 0.3) is 0 Å². The second kappa shape index (κ2) is 12.0. The van der Waals surface area contributed by atoms with Crippen LogP contribution in [0, 0.1) is 6.92 Å². The normalized spacial score (nSPS) is 15.8. The Bertz CT molecular complexity index is 1230. The number of carbonyl (C=O) groups is 1. The van der Waals surface area contributed by atoms with Gasteiger partial charge in [0.2, 0.25) is 26.0 Å². The van der Waals surface area contributed by atoms with E-state index in [1.807, 2.05) is 6.92 Å². The molecule has 36 heavy (non-hydrogen) atoms. The number of anilines is 1. The molecular weight excluding hydrogens is 506 g/mol. The minimum absolute atomic E-state index is 0.126. The number of hydrogen-bond donors (Lipinski definition) is 1. The van der Waals surface area contributed by atoms with Crippen molar-refractivity contribution in [1.82, 2.24) is 9.62 Å². The first-order valence-electron chi connectivity index (χ1n) is 11.7. The van der Waals surface area contributed by atoms with Gasteiger partial charge in [-0.05, 0) is 49.7 Å². The highest BCUT2D eigenvalue weighted by atomic mass is 32.2. The minimum atomic E-state index is -3.70. The zero-order valence-electron chi connectivity index (χ0n) is 20.7. The van der Waals surface area contributed by atoms with Crippen molar-refractivity contribution in [1.29, 1.82) is 0 Å². The summed E-state index contributed by atoms with van der Waals surface area (Å²) >= 11 is 0. The molecule has 0 unspecified atom stereocenters. The van der Waals surface area contributed by atoms with Gasteiger partial charge in [-0.15, -0.1) is 0 Å². The summed E-state index contributed by atoms with van der Waals surface area (Å²) in [6, 6.07) is 12.1. The molecule has 0 saturated carbocycles. The lowest BCUT2D eigenvalue weighted by atomic mass is 10.1. The number of rotatable bonds is 11. The molecule has 2 aromatic carbocycles. The molecule has 3 rings (SSSR count). The number of nitrogens with one attached hydrogen (secondary N) is 1. The summed E-state index contributed by atoms with van der Waals surface area (Å²) in [7, 11) is -7.29. The van der Waals surface area contributed by atoms with E-state index >= 15 is 0 Å². The third kappa shape index (κ3) is 6.96. The number of ether oxygens (including phenoxy) is 2. The third-order valence-electron chi connectivity index (χ3n) is 5.72. The van der Waals surface area contributed by atoms with Crippen molar-refractivity contribution in [2.24, 2.45) is 0 Å². The van der Waals surface area contributed by atoms with Crippen LogP contribution in [-0.4, -0.2) is 78.8 Å². The molecule has 1 amide bonds. The molecule has 0 aliphatic carbocycles. The molecule has 10 nitrogen and oxygen atoms in total. The van der Waals surface area contributed by atoms with E-state index in [0.29, 0.717) is 37.7 Å². The van der Waals surface area contributed by atoms with Crippen LogP contribution in [0.2, 0.25) is 0 Å². The van der Waals surface area contributed by atoms with Crippen molar-refractivity contribution in [2.45, 2.75) is 31.2 Å². The average molecular weight is 540 g/mol. The highest BCUT2D eigenvalue weighted by Gasteiger charge is 2.31. The van der Waals surface area contributed by atoms with E-state index in [0.717, 1.165) is 16.1 Å². The van der Waals surface area contributed by atoms with Crippen LogP contribution in [0.1, 0.15) is 18.9 Å². The Morgan fingerprint density at radius 2 is 1.67 bits per heavy atom. The van der Waals surface area contributed by atoms with Gasteiger partial charge in [-0.3, -0.25) is 9.10 Å². The summed E-state index contributed by atoms with van der Waals surface area (Å²) in [5, 5.41) is 2.73. The predicted octanol–water partition coefficient (Wildman–Crippen LogP) is 1.76. The topological polar surface area (TPSA) is 122 Å². The Labute approximate surface area is 213 Å². The largest absolute Gasteiger partial charge is 0.492 e. The number of benzene rings is 2. The van der Waals surface area contributed by atoms with Crippen molar-refractivity contribution in [3.8, 4) is 5.75 Å². The summed E-state index contributed by atoms with van der Waals surface area (Å²) in [6.07, 6.45) is 1.36. The number of carbonyl (C=O) groups excluding carboxylic acids is 1. The quantitative estimate of drug-likeness (QED) is 0.432. The summed E-state index contributed by atoms with van der Waals surface area (Å²) in [6.45, 7) is 5.31. The second-order valence-corrected chi connectivity index (χ2v) is 12.2. The number of sulfonamides is 2. The monoisotopic (exact) mass is 539 g/mol. The Kier molecular flexibility index (Phi) is 9.34. The van der Waals surface area contributed by atoms with Gasteiger partial charge in [-0.25, -0.2) is 16.8 Å². The van der Waals surface area contributed by atoms with Crippen LogP contribution in [0.15, 0.2) is 53.4 Å². The molecule has 1 heterocycles. The van der Waals surface area contributed by atoms with Gasteiger partial charge >= 0.3 is 0 Å². The fourth-order valence-corrected chi connectivity index (χ4v) is 6.48. The summed E-state index contributed by atoms with van der Waals surface area (Å²) < 4.78 is 63.8. The van der Waals surface area contributed by atoms with Gasteiger partial charge in [0.1, 0.15) is 18.4 Å². The first-order valence-corrected chi connectivity index (χ1v) is 15.0. The molecule has 1 N–H and O–H groups in total. The van der Waals surface area contributed by atoms with Crippen LogP contribution in [0.3, 0.4) is 0 Å². The Morgan fingerprint density at radius 3 is 2.22 bits per heavy atom. The van der Waals surface area contributed by atoms with Crippen molar-refractivity contribution < 1.29 is 31.1 Å². The molecule has 0 bridgehead atoms. The molecule has 0 spiro atoms. The molecule has 12 heteroatoms. The first kappa shape index (κ1) is 27.9. The zero-order valence-corrected chi connectivity index (χ0v) is 22.3. The minimum Gasteiger partial charge on any atom is -0.492 e. The van der Waals surface area contributed by atoms with Gasteiger partial charge in [0, 0.05) is 13.1 Å². The SMILES string of the molecule is CC[C@@H](C(=O)NCCOc1ccc(S(=O)(=O)N2CCOCC2)cc1)N(c1ccc(C)cc1)S(C)(=O)=O. The molecule has 198 valence electrons. The Hall–Kier alpha value is -2.67. The van der Waals surface area contributed by atoms with E-state index in [1.165, 1.54) is 16.4 Å². The molecule has 0 aromatic heterocycles. The van der Waals surface area contributed by atoms with Gasteiger partial charge in [0.15, 0.2) is 0 Å². The molecule has 1 atom stereocenters. The fourth-order valence-electron chi connectivity index (χ4n) is 3.86. The van der Waals surface area contributed by atoms with Crippen molar-refractivity contribution in [2.75, 3.05) is 50.0 Å². The van der Waals surface area contributed by atoms with Gasteiger partial charge < -0.3 is 14.8 Å². The lowest BCUT2D eigenvalue weighted by Crippen LogP contribution is -2.50. The third-order valence-corrected chi connectivity index (χ3v) is 8.81. The fraction of sp³-hybridized carbons (Fsp3) is 0.458. The van der Waals surface area contributed by atoms with Crippen LogP contribution in [0.5, 0.6) is 5.75 Å². The summed E-state index contributed by atoms with van der Waals surface area (Å²) in [4.78, 5) is 13.0. The van der Waals surface area contributed by atoms with E-state index in [2.05, 4.69) is 5.32 Å². The van der Waals surface area contributed by atoms with Gasteiger partial charge in [0.05, 0.1) is 36.6 Å². The maximum absolute atomic E-state index is 12.9. The van der Waals surface area contributed by atoms with E-state index in [4.69, 9.17) is 9.47 Å². The van der Waals surface area contributed by atoms with Crippen molar-refractivity contribution >= 4 is 31.6 Å². The van der Waals surface area contributed by atoms with Gasteiger partial charge in [0.25, 0.3) is 0 Å². The molecule has 1 fully saturated rings. The maximum atomic E-state index is 12.9. The van der Waals surface area contributed by atoms with Gasteiger partial charge in [-0.2, -0.15) is 4.31 Å². The smallest absolute Gasteiger partial charge is 0.244 e. The van der Waals surface area contributed by atoms with Crippen molar-refractivity contribution in [3.63, 3.8) is 0 Å². The lowest BCUT2D eigenvalue weighted by Gasteiger charge is -2.30. The standard InChI is InChI=1S/C24H33N3O7S2/c1-4-23(27(35(3,29)30)20-7-5-19(2)6-8-20)24(28)25-13-16-34-21-9-11-22(12-10-21)36(31,32)26-14-17-33-18-15-26/h5-12,23H,4,13-18H2,1-3H3,(H,25,28)/t23-/m0/s1. The lowest BCUT2D eigenvalue weighted by molar-refractivity contribution is -0.122. The molecule has 1 saturated heterocycles. The van der Waals surface area contributed by atoms with E-state index < -0.39 is 32.0 Å². The van der Waals surface area contributed by atoms with Crippen molar-refractivity contribution in [3.05, 3.63) is 54.1 Å². The average Bonchev–Trinajstić information content (AvgIpc) is 2.86. The molecule has 2 aromatic rings. The van der Waals surface area contributed by atoms with Crippen LogP contribution in [-0.2, 0) is 29.6 Å². The van der Waals surface area contributed by atoms with E-state index in [9.17, 15) is 21.6 Å². The number of nitrogens with zero attached hydrogens (tertiary/aromatic N) is 2. The molecule has 0 radical (unpaired) electrons. The highest BCUT2D eigenvalue weighted by molar-refractivity contribution is 7.92. The Morgan fingerprint density at radius 1 is 1.06 bits per heavy atom. The summed E-state index contributed by atoms with van der Waals surface area (Å²) in [5.41, 5.74) is 1.40. The summed E-state index contributed by atoms with van der Waals surface area (Å²) in [5.74, 6) is 0.0219. The van der Waals surface area contributed by atoms with Crippen LogP contribution >= 0.6 is 0 Å². The zero-order chi connectivity index (χ0) is 26.3. The number of amides is 1. The predicted molar refractivity (Wildman–Crippen MR) is 137 cm³/mol. The maximum Gasteiger partial charge on any atom is 0.244 e. The molecular formula is C24H33N3O7S2. The Balaban J connectivity index is 1.56. The van der Waals surface area contributed by atoms with Crippen LogP contribution < -0.4 is 14.4 Å². The van der Waals surface area contributed by atoms with Crippen LogP contribution in [0.4, 0.5) is 5.69 Å². The van der Waals surface area contributed by atoms with E-state index in [1.54, 1.807) is 43.3 Å². The van der Waals surface area contributed by atoms with Gasteiger partial charge in [-0.1, -0.05) is 24.6 Å². The molecule has 1 aliphatic heterocycles. The number of morpholine rings is 1. The number of aryl methyl sites for hydroxylation is 1. The molecule has 1 aliphatic rings. The first-order chi connectivity index (χ1) is 17.0. The highest BCUT2D eigenvalue weighted by Crippen LogP contribution is 2.23. The van der Waals surface area contributed by atoms with E-state index in [-0.39, 0.29) is 24.5 Å². The second-order valence-electron chi connectivity index (χ2n) is 8.45.